The Morgan fingerprint density at radius 1 is 1.16 bits per heavy atom. The summed E-state index contributed by atoms with van der Waals surface area (Å²) >= 11 is 0. The smallest absolute Gasteiger partial charge is 0.335 e. The first-order chi connectivity index (χ1) is 8.86. The van der Waals surface area contributed by atoms with Gasteiger partial charge in [0.05, 0.1) is 24.4 Å². The Labute approximate surface area is 114 Å². The number of carbonyl (C=O) groups excluding carboxylic acids is 2. The normalized spacial score (nSPS) is 17.8. The molecule has 0 aromatic heterocycles. The van der Waals surface area contributed by atoms with Crippen molar-refractivity contribution in [2.45, 2.75) is 41.0 Å². The Balaban J connectivity index is 3.27. The van der Waals surface area contributed by atoms with Crippen LogP contribution in [0.3, 0.4) is 0 Å². The molecule has 0 N–H and O–H groups in total. The van der Waals surface area contributed by atoms with Gasteiger partial charge in [0.25, 0.3) is 0 Å². The summed E-state index contributed by atoms with van der Waals surface area (Å²) in [5.41, 5.74) is 1.39. The van der Waals surface area contributed by atoms with Crippen LogP contribution in [0.15, 0.2) is 22.8 Å². The maximum Gasteiger partial charge on any atom is 0.335 e. The Bertz CT molecular complexity index is 441. The Kier molecular flexibility index (Phi) is 4.92. The van der Waals surface area contributed by atoms with E-state index in [1.165, 1.54) is 0 Å². The SMILES string of the molecule is CCOC(=O)C1=C(C(=O)OCC)C(C)(C)C(C)=CC1. The van der Waals surface area contributed by atoms with Gasteiger partial charge in [0.1, 0.15) is 0 Å². The highest BCUT2D eigenvalue weighted by molar-refractivity contribution is 6.02. The molecule has 0 radical (unpaired) electrons. The Hall–Kier alpha value is -1.58. The summed E-state index contributed by atoms with van der Waals surface area (Å²) in [5, 5.41) is 0. The van der Waals surface area contributed by atoms with Gasteiger partial charge in [-0.05, 0) is 27.2 Å². The van der Waals surface area contributed by atoms with Crippen molar-refractivity contribution in [3.05, 3.63) is 22.8 Å². The van der Waals surface area contributed by atoms with E-state index in [1.54, 1.807) is 13.8 Å². The molecule has 106 valence electrons. The largest absolute Gasteiger partial charge is 0.463 e. The van der Waals surface area contributed by atoms with Gasteiger partial charge in [-0.1, -0.05) is 25.5 Å². The zero-order valence-electron chi connectivity index (χ0n) is 12.3. The molecule has 0 saturated carbocycles. The molecule has 4 heteroatoms. The molecule has 0 aliphatic heterocycles. The molecule has 0 heterocycles. The fourth-order valence-electron chi connectivity index (χ4n) is 2.17. The maximum atomic E-state index is 12.2. The lowest BCUT2D eigenvalue weighted by Gasteiger charge is -2.33. The number of hydrogen-bond donors (Lipinski definition) is 0. The van der Waals surface area contributed by atoms with Gasteiger partial charge >= 0.3 is 11.9 Å². The molecule has 0 spiro atoms. The van der Waals surface area contributed by atoms with Crippen LogP contribution >= 0.6 is 0 Å². The van der Waals surface area contributed by atoms with Crippen LogP contribution in [0.25, 0.3) is 0 Å². The molecule has 0 fully saturated rings. The van der Waals surface area contributed by atoms with Gasteiger partial charge in [0.15, 0.2) is 0 Å². The van der Waals surface area contributed by atoms with Crippen LogP contribution in [0.1, 0.15) is 41.0 Å². The summed E-state index contributed by atoms with van der Waals surface area (Å²) in [5.74, 6) is -0.856. The molecule has 19 heavy (non-hydrogen) atoms. The van der Waals surface area contributed by atoms with Crippen molar-refractivity contribution in [3.63, 3.8) is 0 Å². The van der Waals surface area contributed by atoms with Gasteiger partial charge in [0, 0.05) is 5.41 Å². The second-order valence-electron chi connectivity index (χ2n) is 5.01. The highest BCUT2D eigenvalue weighted by atomic mass is 16.5. The number of rotatable bonds is 4. The van der Waals surface area contributed by atoms with Crippen molar-refractivity contribution in [3.8, 4) is 0 Å². The van der Waals surface area contributed by atoms with Gasteiger partial charge in [-0.15, -0.1) is 0 Å². The molecule has 0 amide bonds. The summed E-state index contributed by atoms with van der Waals surface area (Å²) < 4.78 is 10.1. The van der Waals surface area contributed by atoms with Crippen molar-refractivity contribution in [2.24, 2.45) is 5.41 Å². The van der Waals surface area contributed by atoms with Crippen molar-refractivity contribution in [1.29, 1.82) is 0 Å². The van der Waals surface area contributed by atoms with Crippen molar-refractivity contribution in [1.82, 2.24) is 0 Å². The average molecular weight is 266 g/mol. The van der Waals surface area contributed by atoms with Crippen molar-refractivity contribution in [2.75, 3.05) is 13.2 Å². The number of allylic oxidation sites excluding steroid dienone is 2. The van der Waals surface area contributed by atoms with Crippen LogP contribution in [-0.4, -0.2) is 25.2 Å². The third-order valence-corrected chi connectivity index (χ3v) is 3.53. The third-order valence-electron chi connectivity index (χ3n) is 3.53. The highest BCUT2D eigenvalue weighted by Gasteiger charge is 2.38. The fourth-order valence-corrected chi connectivity index (χ4v) is 2.17. The van der Waals surface area contributed by atoms with Gasteiger partial charge < -0.3 is 9.47 Å². The molecule has 0 saturated heterocycles. The minimum absolute atomic E-state index is 0.289. The van der Waals surface area contributed by atoms with E-state index in [9.17, 15) is 9.59 Å². The summed E-state index contributed by atoms with van der Waals surface area (Å²) in [6.45, 7) is 9.88. The monoisotopic (exact) mass is 266 g/mol. The molecular formula is C15H22O4. The van der Waals surface area contributed by atoms with Crippen molar-refractivity contribution < 1.29 is 19.1 Å². The predicted octanol–water partition coefficient (Wildman–Crippen LogP) is 2.79. The summed E-state index contributed by atoms with van der Waals surface area (Å²) in [7, 11) is 0. The number of esters is 2. The van der Waals surface area contributed by atoms with Crippen molar-refractivity contribution >= 4 is 11.9 Å². The van der Waals surface area contributed by atoms with Crippen LogP contribution < -0.4 is 0 Å². The zero-order chi connectivity index (χ0) is 14.6. The van der Waals surface area contributed by atoms with E-state index in [-0.39, 0.29) is 6.61 Å². The summed E-state index contributed by atoms with van der Waals surface area (Å²) in [6, 6.07) is 0. The number of ether oxygens (including phenoxy) is 2. The minimum Gasteiger partial charge on any atom is -0.463 e. The van der Waals surface area contributed by atoms with E-state index in [0.717, 1.165) is 5.57 Å². The minimum atomic E-state index is -0.507. The standard InChI is InChI=1S/C15H22O4/c1-6-18-13(16)11-9-8-10(3)15(4,5)12(11)14(17)19-7-2/h8H,6-7,9H2,1-5H3. The fraction of sp³-hybridized carbons (Fsp3) is 0.600. The van der Waals surface area contributed by atoms with E-state index in [1.807, 2.05) is 26.8 Å². The summed E-state index contributed by atoms with van der Waals surface area (Å²) in [6.07, 6.45) is 2.39. The van der Waals surface area contributed by atoms with E-state index < -0.39 is 17.4 Å². The highest BCUT2D eigenvalue weighted by Crippen LogP contribution is 2.41. The molecule has 0 unspecified atom stereocenters. The first-order valence-electron chi connectivity index (χ1n) is 6.61. The lowest BCUT2D eigenvalue weighted by Crippen LogP contribution is -2.31. The lowest BCUT2D eigenvalue weighted by molar-refractivity contribution is -0.142. The Morgan fingerprint density at radius 3 is 2.21 bits per heavy atom. The van der Waals surface area contributed by atoms with Gasteiger partial charge in [-0.2, -0.15) is 0 Å². The van der Waals surface area contributed by atoms with E-state index in [2.05, 4.69) is 0 Å². The molecule has 1 aliphatic rings. The second kappa shape index (κ2) is 6.04. The van der Waals surface area contributed by atoms with Crippen LogP contribution in [0.4, 0.5) is 0 Å². The molecule has 1 aliphatic carbocycles. The molecule has 0 aromatic rings. The Morgan fingerprint density at radius 2 is 1.68 bits per heavy atom. The summed E-state index contributed by atoms with van der Waals surface area (Å²) in [4.78, 5) is 24.2. The van der Waals surface area contributed by atoms with E-state index in [0.29, 0.717) is 24.2 Å². The van der Waals surface area contributed by atoms with E-state index in [4.69, 9.17) is 9.47 Å². The van der Waals surface area contributed by atoms with Crippen LogP contribution in [0, 0.1) is 5.41 Å². The molecule has 1 rings (SSSR count). The number of carbonyl (C=O) groups is 2. The predicted molar refractivity (Wildman–Crippen MR) is 72.4 cm³/mol. The first-order valence-corrected chi connectivity index (χ1v) is 6.61. The molecule has 0 aromatic carbocycles. The number of hydrogen-bond acceptors (Lipinski definition) is 4. The zero-order valence-corrected chi connectivity index (χ0v) is 12.3. The van der Waals surface area contributed by atoms with Crippen LogP contribution in [0.2, 0.25) is 0 Å². The lowest BCUT2D eigenvalue weighted by atomic mass is 9.71. The average Bonchev–Trinajstić information content (AvgIpc) is 2.32. The van der Waals surface area contributed by atoms with Crippen LogP contribution in [0.5, 0.6) is 0 Å². The topological polar surface area (TPSA) is 52.6 Å². The van der Waals surface area contributed by atoms with Crippen LogP contribution in [-0.2, 0) is 19.1 Å². The van der Waals surface area contributed by atoms with Gasteiger partial charge in [-0.25, -0.2) is 9.59 Å². The molecule has 0 bridgehead atoms. The van der Waals surface area contributed by atoms with E-state index >= 15 is 0 Å². The molecule has 4 nitrogen and oxygen atoms in total. The first kappa shape index (κ1) is 15.5. The quantitative estimate of drug-likeness (QED) is 0.580. The second-order valence-corrected chi connectivity index (χ2v) is 5.01. The van der Waals surface area contributed by atoms with Gasteiger partial charge in [0.2, 0.25) is 0 Å². The molecular weight excluding hydrogens is 244 g/mol. The maximum absolute atomic E-state index is 12.2. The third kappa shape index (κ3) is 3.06. The molecule has 0 atom stereocenters. The van der Waals surface area contributed by atoms with Gasteiger partial charge in [-0.3, -0.25) is 0 Å².